The van der Waals surface area contributed by atoms with Gasteiger partial charge in [-0.25, -0.2) is 19.7 Å². The van der Waals surface area contributed by atoms with Crippen LogP contribution in [0.25, 0.3) is 21.8 Å². The molecule has 1 fully saturated rings. The molecule has 7 nitrogen and oxygen atoms in total. The maximum absolute atomic E-state index is 11.2. The van der Waals surface area contributed by atoms with Gasteiger partial charge in [-0.15, -0.1) is 0 Å². The summed E-state index contributed by atoms with van der Waals surface area (Å²) in [6, 6.07) is 5.37. The van der Waals surface area contributed by atoms with Crippen LogP contribution >= 0.6 is 0 Å². The summed E-state index contributed by atoms with van der Waals surface area (Å²) in [4.78, 5) is 24.9. The average Bonchev–Trinajstić information content (AvgIpc) is 3.43. The summed E-state index contributed by atoms with van der Waals surface area (Å²) in [5.41, 5.74) is 1.61. The Morgan fingerprint density at radius 2 is 2.12 bits per heavy atom. The molecular formula is C18H19N5O2. The second kappa shape index (κ2) is 6.16. The molecule has 0 bridgehead atoms. The lowest BCUT2D eigenvalue weighted by atomic mass is 10.1. The number of nitrogens with one attached hydrogen (secondary N) is 2. The van der Waals surface area contributed by atoms with Gasteiger partial charge in [-0.05, 0) is 31.4 Å². The van der Waals surface area contributed by atoms with E-state index in [4.69, 9.17) is 0 Å². The van der Waals surface area contributed by atoms with Crippen LogP contribution in [0.3, 0.4) is 0 Å². The summed E-state index contributed by atoms with van der Waals surface area (Å²) in [5, 5.41) is 17.5. The zero-order chi connectivity index (χ0) is 17.4. The molecule has 4 rings (SSSR count). The Labute approximate surface area is 144 Å². The van der Waals surface area contributed by atoms with E-state index < -0.39 is 5.97 Å². The van der Waals surface area contributed by atoms with Crippen LogP contribution in [-0.2, 0) is 0 Å². The first-order valence-electron chi connectivity index (χ1n) is 8.50. The average molecular weight is 337 g/mol. The van der Waals surface area contributed by atoms with Crippen LogP contribution in [0.1, 0.15) is 36.5 Å². The zero-order valence-corrected chi connectivity index (χ0v) is 13.9. The number of pyridine rings is 1. The number of carboxylic acids is 1. The summed E-state index contributed by atoms with van der Waals surface area (Å²) >= 11 is 0. The van der Waals surface area contributed by atoms with Crippen molar-refractivity contribution in [3.63, 3.8) is 0 Å². The molecule has 3 aromatic rings. The second-order valence-electron chi connectivity index (χ2n) is 6.30. The first-order chi connectivity index (χ1) is 12.2. The third-order valence-corrected chi connectivity index (χ3v) is 4.23. The molecule has 1 aliphatic rings. The molecule has 3 N–H and O–H groups in total. The molecule has 0 unspecified atom stereocenters. The Hall–Kier alpha value is -2.96. The number of benzene rings is 1. The van der Waals surface area contributed by atoms with Crippen molar-refractivity contribution in [1.82, 2.24) is 15.0 Å². The maximum Gasteiger partial charge on any atom is 0.335 e. The van der Waals surface area contributed by atoms with Crippen molar-refractivity contribution in [3.05, 3.63) is 30.0 Å². The fourth-order valence-electron chi connectivity index (χ4n) is 2.76. The van der Waals surface area contributed by atoms with Gasteiger partial charge in [0.2, 0.25) is 5.95 Å². The topological polar surface area (TPSA) is 100 Å². The largest absolute Gasteiger partial charge is 0.478 e. The van der Waals surface area contributed by atoms with Crippen molar-refractivity contribution in [2.45, 2.75) is 32.2 Å². The predicted octanol–water partition coefficient (Wildman–Crippen LogP) is 3.27. The van der Waals surface area contributed by atoms with E-state index in [9.17, 15) is 9.90 Å². The lowest BCUT2D eigenvalue weighted by molar-refractivity contribution is 0.0697. The first kappa shape index (κ1) is 15.6. The van der Waals surface area contributed by atoms with Crippen molar-refractivity contribution >= 4 is 39.5 Å². The SMILES string of the molecule is CCCNc1ncc2c(n1)c(NC1CC1)nc1cc(C(=O)O)ccc12. The molecule has 0 amide bonds. The van der Waals surface area contributed by atoms with Crippen molar-refractivity contribution in [3.8, 4) is 0 Å². The van der Waals surface area contributed by atoms with Crippen LogP contribution < -0.4 is 10.6 Å². The van der Waals surface area contributed by atoms with Crippen molar-refractivity contribution in [2.24, 2.45) is 0 Å². The summed E-state index contributed by atoms with van der Waals surface area (Å²) < 4.78 is 0. The van der Waals surface area contributed by atoms with Crippen LogP contribution in [0.5, 0.6) is 0 Å². The van der Waals surface area contributed by atoms with E-state index in [2.05, 4.69) is 32.5 Å². The molecule has 0 saturated heterocycles. The maximum atomic E-state index is 11.2. The monoisotopic (exact) mass is 337 g/mol. The highest BCUT2D eigenvalue weighted by Crippen LogP contribution is 2.32. The molecule has 1 saturated carbocycles. The smallest absolute Gasteiger partial charge is 0.335 e. The van der Waals surface area contributed by atoms with Gasteiger partial charge in [0.15, 0.2) is 5.82 Å². The Kier molecular flexibility index (Phi) is 3.83. The van der Waals surface area contributed by atoms with Gasteiger partial charge in [-0.3, -0.25) is 0 Å². The van der Waals surface area contributed by atoms with E-state index in [1.807, 2.05) is 0 Å². The molecule has 1 aliphatic carbocycles. The summed E-state index contributed by atoms with van der Waals surface area (Å²) in [5.74, 6) is 0.307. The van der Waals surface area contributed by atoms with E-state index in [0.29, 0.717) is 23.3 Å². The lowest BCUT2D eigenvalue weighted by Gasteiger charge is -2.12. The third kappa shape index (κ3) is 3.05. The highest BCUT2D eigenvalue weighted by molar-refractivity contribution is 6.09. The molecule has 128 valence electrons. The second-order valence-corrected chi connectivity index (χ2v) is 6.30. The summed E-state index contributed by atoms with van der Waals surface area (Å²) in [7, 11) is 0. The minimum Gasteiger partial charge on any atom is -0.478 e. The van der Waals surface area contributed by atoms with Crippen molar-refractivity contribution in [2.75, 3.05) is 17.2 Å². The fraction of sp³-hybridized carbons (Fsp3) is 0.333. The Bertz CT molecular complexity index is 968. The van der Waals surface area contributed by atoms with Crippen LogP contribution in [0.15, 0.2) is 24.4 Å². The van der Waals surface area contributed by atoms with Crippen LogP contribution in [0.4, 0.5) is 11.8 Å². The number of fused-ring (bicyclic) bond motifs is 3. The van der Waals surface area contributed by atoms with Gasteiger partial charge >= 0.3 is 5.97 Å². The summed E-state index contributed by atoms with van der Waals surface area (Å²) in [6.45, 7) is 2.89. The quantitative estimate of drug-likeness (QED) is 0.593. The van der Waals surface area contributed by atoms with Gasteiger partial charge in [0.05, 0.1) is 11.1 Å². The van der Waals surface area contributed by atoms with Crippen LogP contribution in [-0.4, -0.2) is 38.6 Å². The van der Waals surface area contributed by atoms with Gasteiger partial charge < -0.3 is 15.7 Å². The van der Waals surface area contributed by atoms with Gasteiger partial charge in [-0.1, -0.05) is 13.0 Å². The van der Waals surface area contributed by atoms with Gasteiger partial charge in [0, 0.05) is 29.6 Å². The minimum absolute atomic E-state index is 0.221. The summed E-state index contributed by atoms with van der Waals surface area (Å²) in [6.07, 6.45) is 5.00. The van der Waals surface area contributed by atoms with E-state index in [1.165, 1.54) is 0 Å². The molecular weight excluding hydrogens is 318 g/mol. The van der Waals surface area contributed by atoms with Crippen molar-refractivity contribution in [1.29, 1.82) is 0 Å². The first-order valence-corrected chi connectivity index (χ1v) is 8.50. The molecule has 2 heterocycles. The van der Waals surface area contributed by atoms with Crippen LogP contribution in [0, 0.1) is 0 Å². The lowest BCUT2D eigenvalue weighted by Crippen LogP contribution is -2.08. The highest BCUT2D eigenvalue weighted by Gasteiger charge is 2.23. The number of carboxylic acid groups (broad SMARTS) is 1. The van der Waals surface area contributed by atoms with Gasteiger partial charge in [0.25, 0.3) is 0 Å². The molecule has 2 aromatic heterocycles. The molecule has 0 aliphatic heterocycles. The fourth-order valence-corrected chi connectivity index (χ4v) is 2.76. The van der Waals surface area contributed by atoms with Crippen LogP contribution in [0.2, 0.25) is 0 Å². The molecule has 25 heavy (non-hydrogen) atoms. The Balaban J connectivity index is 1.91. The Morgan fingerprint density at radius 3 is 2.84 bits per heavy atom. The number of nitrogens with zero attached hydrogens (tertiary/aromatic N) is 3. The molecule has 0 radical (unpaired) electrons. The Morgan fingerprint density at radius 1 is 1.28 bits per heavy atom. The standard InChI is InChI=1S/C18H19N5O2/c1-2-7-19-18-20-9-13-12-6-3-10(17(24)25)8-14(12)22-16(15(13)23-18)21-11-4-5-11/h3,6,8-9,11H,2,4-5,7H2,1H3,(H,21,22)(H,24,25)(H,19,20,23). The van der Waals surface area contributed by atoms with E-state index in [-0.39, 0.29) is 5.56 Å². The molecule has 7 heteroatoms. The van der Waals surface area contributed by atoms with Crippen molar-refractivity contribution < 1.29 is 9.90 Å². The van der Waals surface area contributed by atoms with E-state index in [1.54, 1.807) is 24.4 Å². The number of carbonyl (C=O) groups is 1. The van der Waals surface area contributed by atoms with Gasteiger partial charge in [-0.2, -0.15) is 0 Å². The zero-order valence-electron chi connectivity index (χ0n) is 13.9. The normalized spacial score (nSPS) is 14.0. The minimum atomic E-state index is -0.962. The van der Waals surface area contributed by atoms with E-state index >= 15 is 0 Å². The molecule has 1 aromatic carbocycles. The highest BCUT2D eigenvalue weighted by atomic mass is 16.4. The van der Waals surface area contributed by atoms with E-state index in [0.717, 1.165) is 42.1 Å². The third-order valence-electron chi connectivity index (χ3n) is 4.23. The number of rotatable bonds is 6. The van der Waals surface area contributed by atoms with Gasteiger partial charge in [0.1, 0.15) is 5.52 Å². The molecule has 0 spiro atoms. The number of hydrogen-bond acceptors (Lipinski definition) is 6. The number of hydrogen-bond donors (Lipinski definition) is 3. The predicted molar refractivity (Wildman–Crippen MR) is 97.2 cm³/mol. The number of anilines is 2. The number of aromatic carboxylic acids is 1. The molecule has 0 atom stereocenters. The number of aromatic nitrogens is 3.